The van der Waals surface area contributed by atoms with Crippen LogP contribution in [0.2, 0.25) is 0 Å². The predicted molar refractivity (Wildman–Crippen MR) is 112 cm³/mol. The molecule has 1 aromatic heterocycles. The average molecular weight is 392 g/mol. The molecule has 0 aliphatic heterocycles. The van der Waals surface area contributed by atoms with Crippen molar-refractivity contribution in [3.63, 3.8) is 0 Å². The number of nitrogens with one attached hydrogen (secondary N) is 2. The highest BCUT2D eigenvalue weighted by Gasteiger charge is 2.10. The summed E-state index contributed by atoms with van der Waals surface area (Å²) in [5.41, 5.74) is 3.37. The first-order valence-corrected chi connectivity index (χ1v) is 9.25. The van der Waals surface area contributed by atoms with Crippen LogP contribution in [0.4, 0.5) is 11.6 Å². The van der Waals surface area contributed by atoms with Crippen LogP contribution in [-0.4, -0.2) is 36.6 Å². The number of rotatable bonds is 8. The van der Waals surface area contributed by atoms with Gasteiger partial charge in [0.25, 0.3) is 5.91 Å². The number of aryl methyl sites for hydroxylation is 1. The fourth-order valence-corrected chi connectivity index (χ4v) is 2.76. The maximum absolute atomic E-state index is 12.4. The van der Waals surface area contributed by atoms with Gasteiger partial charge in [-0.1, -0.05) is 23.8 Å². The Morgan fingerprint density at radius 3 is 2.48 bits per heavy atom. The summed E-state index contributed by atoms with van der Waals surface area (Å²) in [6.07, 6.45) is 2.22. The highest BCUT2D eigenvalue weighted by Crippen LogP contribution is 2.27. The summed E-state index contributed by atoms with van der Waals surface area (Å²) < 4.78 is 10.5. The van der Waals surface area contributed by atoms with E-state index in [1.807, 2.05) is 49.4 Å². The van der Waals surface area contributed by atoms with Gasteiger partial charge < -0.3 is 20.1 Å². The summed E-state index contributed by atoms with van der Waals surface area (Å²) in [5.74, 6) is 1.47. The zero-order chi connectivity index (χ0) is 20.6. The summed E-state index contributed by atoms with van der Waals surface area (Å²) in [4.78, 5) is 20.9. The maximum atomic E-state index is 12.4. The quantitative estimate of drug-likeness (QED) is 0.610. The van der Waals surface area contributed by atoms with Crippen LogP contribution in [0.5, 0.6) is 11.5 Å². The summed E-state index contributed by atoms with van der Waals surface area (Å²) in [5, 5.41) is 5.99. The van der Waals surface area contributed by atoms with Gasteiger partial charge in [0.05, 0.1) is 14.2 Å². The van der Waals surface area contributed by atoms with Crippen LogP contribution >= 0.6 is 0 Å². The number of benzene rings is 2. The molecule has 7 nitrogen and oxygen atoms in total. The number of ether oxygens (including phenoxy) is 2. The van der Waals surface area contributed by atoms with Gasteiger partial charge in [-0.2, -0.15) is 0 Å². The molecule has 1 heterocycles. The molecule has 2 N–H and O–H groups in total. The summed E-state index contributed by atoms with van der Waals surface area (Å²) in [7, 11) is 3.20. The Hall–Kier alpha value is -3.61. The molecular formula is C22H24N4O3. The van der Waals surface area contributed by atoms with Gasteiger partial charge in [-0.05, 0) is 49.2 Å². The van der Waals surface area contributed by atoms with Crippen LogP contribution in [0.15, 0.2) is 54.7 Å². The zero-order valence-corrected chi connectivity index (χ0v) is 16.7. The van der Waals surface area contributed by atoms with Crippen LogP contribution in [-0.2, 0) is 6.42 Å². The van der Waals surface area contributed by atoms with Crippen molar-refractivity contribution in [2.24, 2.45) is 0 Å². The first-order chi connectivity index (χ1) is 14.1. The van der Waals surface area contributed by atoms with E-state index in [0.717, 1.165) is 11.3 Å². The molecule has 2 aromatic carbocycles. The van der Waals surface area contributed by atoms with Crippen molar-refractivity contribution >= 4 is 17.5 Å². The number of amides is 1. The van der Waals surface area contributed by atoms with E-state index in [0.29, 0.717) is 36.1 Å². The zero-order valence-electron chi connectivity index (χ0n) is 16.7. The second kappa shape index (κ2) is 9.54. The number of nitrogens with zero attached hydrogens (tertiary/aromatic N) is 2. The predicted octanol–water partition coefficient (Wildman–Crippen LogP) is 3.52. The smallest absolute Gasteiger partial charge is 0.270 e. The normalized spacial score (nSPS) is 10.3. The lowest BCUT2D eigenvalue weighted by molar-refractivity contribution is 0.0949. The van der Waals surface area contributed by atoms with Crippen molar-refractivity contribution in [1.82, 2.24) is 15.3 Å². The third-order valence-corrected chi connectivity index (χ3v) is 4.34. The number of hydrogen-bond donors (Lipinski definition) is 2. The molecule has 0 saturated heterocycles. The molecule has 0 unspecified atom stereocenters. The lowest BCUT2D eigenvalue weighted by Crippen LogP contribution is -2.26. The molecule has 0 aliphatic carbocycles. The largest absolute Gasteiger partial charge is 0.493 e. The van der Waals surface area contributed by atoms with E-state index in [1.54, 1.807) is 26.5 Å². The van der Waals surface area contributed by atoms with Gasteiger partial charge >= 0.3 is 0 Å². The topological polar surface area (TPSA) is 85.4 Å². The molecule has 0 atom stereocenters. The van der Waals surface area contributed by atoms with Gasteiger partial charge in [0.2, 0.25) is 5.95 Å². The molecule has 7 heteroatoms. The van der Waals surface area contributed by atoms with Crippen LogP contribution in [0, 0.1) is 6.92 Å². The number of anilines is 2. The Balaban J connectivity index is 1.57. The Bertz CT molecular complexity index is 974. The Labute approximate surface area is 170 Å². The molecular weight excluding hydrogens is 368 g/mol. The van der Waals surface area contributed by atoms with Gasteiger partial charge in [-0.3, -0.25) is 4.79 Å². The molecule has 0 saturated carbocycles. The highest BCUT2D eigenvalue weighted by atomic mass is 16.5. The SMILES string of the molecule is COc1ccc(CCNC(=O)c2ccnc(Nc3ccc(C)cc3)n2)cc1OC. The van der Waals surface area contributed by atoms with Crippen LogP contribution in [0.3, 0.4) is 0 Å². The second-order valence-corrected chi connectivity index (χ2v) is 6.45. The van der Waals surface area contributed by atoms with Crippen molar-refractivity contribution in [3.8, 4) is 11.5 Å². The molecule has 0 radical (unpaired) electrons. The van der Waals surface area contributed by atoms with Gasteiger partial charge in [0.15, 0.2) is 11.5 Å². The molecule has 3 rings (SSSR count). The summed E-state index contributed by atoms with van der Waals surface area (Å²) >= 11 is 0. The van der Waals surface area contributed by atoms with E-state index < -0.39 is 0 Å². The number of carbonyl (C=O) groups is 1. The number of methoxy groups -OCH3 is 2. The summed E-state index contributed by atoms with van der Waals surface area (Å²) in [6, 6.07) is 15.2. The van der Waals surface area contributed by atoms with Crippen molar-refractivity contribution in [3.05, 3.63) is 71.5 Å². The lowest BCUT2D eigenvalue weighted by Gasteiger charge is -2.10. The fourth-order valence-electron chi connectivity index (χ4n) is 2.76. The number of hydrogen-bond acceptors (Lipinski definition) is 6. The first kappa shape index (κ1) is 20.1. The van der Waals surface area contributed by atoms with Crippen molar-refractivity contribution in [2.75, 3.05) is 26.1 Å². The molecule has 1 amide bonds. The van der Waals surface area contributed by atoms with Gasteiger partial charge in [-0.25, -0.2) is 9.97 Å². The Morgan fingerprint density at radius 2 is 1.76 bits per heavy atom. The Kier molecular flexibility index (Phi) is 6.63. The van der Waals surface area contributed by atoms with E-state index in [1.165, 1.54) is 5.56 Å². The van der Waals surface area contributed by atoms with Gasteiger partial charge in [-0.15, -0.1) is 0 Å². The fraction of sp³-hybridized carbons (Fsp3) is 0.227. The second-order valence-electron chi connectivity index (χ2n) is 6.45. The third-order valence-electron chi connectivity index (χ3n) is 4.34. The van der Waals surface area contributed by atoms with Crippen molar-refractivity contribution in [2.45, 2.75) is 13.3 Å². The number of carbonyl (C=O) groups excluding carboxylic acids is 1. The van der Waals surface area contributed by atoms with Crippen LogP contribution in [0.25, 0.3) is 0 Å². The van der Waals surface area contributed by atoms with E-state index in [-0.39, 0.29) is 5.91 Å². The molecule has 150 valence electrons. The third kappa shape index (κ3) is 5.44. The minimum atomic E-state index is -0.250. The van der Waals surface area contributed by atoms with E-state index in [2.05, 4.69) is 20.6 Å². The Morgan fingerprint density at radius 1 is 1.00 bits per heavy atom. The van der Waals surface area contributed by atoms with Crippen LogP contribution < -0.4 is 20.1 Å². The molecule has 0 aliphatic rings. The number of aromatic nitrogens is 2. The van der Waals surface area contributed by atoms with Crippen LogP contribution in [0.1, 0.15) is 21.6 Å². The van der Waals surface area contributed by atoms with E-state index in [9.17, 15) is 4.79 Å². The van der Waals surface area contributed by atoms with Crippen molar-refractivity contribution < 1.29 is 14.3 Å². The van der Waals surface area contributed by atoms with Gasteiger partial charge in [0.1, 0.15) is 5.69 Å². The van der Waals surface area contributed by atoms with E-state index in [4.69, 9.17) is 9.47 Å². The van der Waals surface area contributed by atoms with Crippen molar-refractivity contribution in [1.29, 1.82) is 0 Å². The molecule has 3 aromatic rings. The average Bonchev–Trinajstić information content (AvgIpc) is 2.75. The minimum Gasteiger partial charge on any atom is -0.493 e. The lowest BCUT2D eigenvalue weighted by atomic mass is 10.1. The monoisotopic (exact) mass is 392 g/mol. The summed E-state index contributed by atoms with van der Waals surface area (Å²) in [6.45, 7) is 2.49. The van der Waals surface area contributed by atoms with E-state index >= 15 is 0 Å². The maximum Gasteiger partial charge on any atom is 0.270 e. The van der Waals surface area contributed by atoms with Gasteiger partial charge in [0, 0.05) is 18.4 Å². The standard InChI is InChI=1S/C22H24N4O3/c1-15-4-7-17(8-5-15)25-22-24-13-11-18(26-22)21(27)23-12-10-16-6-9-19(28-2)20(14-16)29-3/h4-9,11,13-14H,10,12H2,1-3H3,(H,23,27)(H,24,25,26). The minimum absolute atomic E-state index is 0.250. The first-order valence-electron chi connectivity index (χ1n) is 9.25. The highest BCUT2D eigenvalue weighted by molar-refractivity contribution is 5.92. The molecule has 0 spiro atoms. The molecule has 0 fully saturated rings. The molecule has 0 bridgehead atoms. The molecule has 29 heavy (non-hydrogen) atoms.